The van der Waals surface area contributed by atoms with Crippen LogP contribution in [-0.4, -0.2) is 17.0 Å². The van der Waals surface area contributed by atoms with Crippen molar-refractivity contribution < 1.29 is 0 Å². The molecule has 2 N–H and O–H groups in total. The third-order valence-corrected chi connectivity index (χ3v) is 3.78. The van der Waals surface area contributed by atoms with Crippen LogP contribution in [0.4, 0.5) is 11.6 Å². The normalized spacial score (nSPS) is 10.4. The van der Waals surface area contributed by atoms with Crippen molar-refractivity contribution >= 4 is 46.2 Å². The predicted octanol–water partition coefficient (Wildman–Crippen LogP) is 3.81. The van der Waals surface area contributed by atoms with Crippen LogP contribution < -0.4 is 10.6 Å². The second kappa shape index (κ2) is 5.73. The SMILES string of the molecule is CNc1nc(NCc2nc(C)cs2)c(Cl)cc1Cl. The second-order valence-electron chi connectivity index (χ2n) is 3.64. The first-order chi connectivity index (χ1) is 8.60. The molecule has 2 aromatic heterocycles. The predicted molar refractivity (Wildman–Crippen MR) is 78.0 cm³/mol. The summed E-state index contributed by atoms with van der Waals surface area (Å²) in [5.41, 5.74) is 1.02. The van der Waals surface area contributed by atoms with Crippen molar-refractivity contribution in [2.75, 3.05) is 17.7 Å². The zero-order valence-electron chi connectivity index (χ0n) is 9.92. The highest BCUT2D eigenvalue weighted by Crippen LogP contribution is 2.29. The maximum Gasteiger partial charge on any atom is 0.147 e. The van der Waals surface area contributed by atoms with E-state index in [1.807, 2.05) is 12.3 Å². The standard InChI is InChI=1S/C11H12Cl2N4S/c1-6-5-18-9(16-6)4-15-11-8(13)3-7(12)10(14-2)17-11/h3,5H,4H2,1-2H3,(H2,14,15,17). The molecule has 0 aliphatic carbocycles. The number of pyridine rings is 1. The van der Waals surface area contributed by atoms with Gasteiger partial charge >= 0.3 is 0 Å². The third kappa shape index (κ3) is 3.04. The van der Waals surface area contributed by atoms with Gasteiger partial charge in [0, 0.05) is 18.1 Å². The summed E-state index contributed by atoms with van der Waals surface area (Å²) in [5.74, 6) is 1.19. The number of halogens is 2. The summed E-state index contributed by atoms with van der Waals surface area (Å²) in [5, 5.41) is 10.1. The lowest BCUT2D eigenvalue weighted by Gasteiger charge is -2.09. The molecule has 7 heteroatoms. The third-order valence-electron chi connectivity index (χ3n) is 2.24. The van der Waals surface area contributed by atoms with Gasteiger partial charge in [-0.1, -0.05) is 23.2 Å². The van der Waals surface area contributed by atoms with E-state index in [4.69, 9.17) is 23.2 Å². The average Bonchev–Trinajstić information content (AvgIpc) is 2.74. The first-order valence-corrected chi connectivity index (χ1v) is 6.92. The molecule has 0 radical (unpaired) electrons. The van der Waals surface area contributed by atoms with E-state index in [-0.39, 0.29) is 0 Å². The molecule has 18 heavy (non-hydrogen) atoms. The van der Waals surface area contributed by atoms with Crippen LogP contribution in [0.25, 0.3) is 0 Å². The number of hydrogen-bond donors (Lipinski definition) is 2. The van der Waals surface area contributed by atoms with Crippen molar-refractivity contribution in [3.8, 4) is 0 Å². The van der Waals surface area contributed by atoms with E-state index in [9.17, 15) is 0 Å². The molecular formula is C11H12Cl2N4S. The van der Waals surface area contributed by atoms with Crippen molar-refractivity contribution in [3.63, 3.8) is 0 Å². The molecular weight excluding hydrogens is 291 g/mol. The first kappa shape index (κ1) is 13.4. The van der Waals surface area contributed by atoms with Gasteiger partial charge in [0.15, 0.2) is 0 Å². The molecule has 0 saturated heterocycles. The summed E-state index contributed by atoms with van der Waals surface area (Å²) in [7, 11) is 1.76. The Morgan fingerprint density at radius 1 is 1.22 bits per heavy atom. The lowest BCUT2D eigenvalue weighted by atomic mass is 10.4. The Morgan fingerprint density at radius 2 is 1.94 bits per heavy atom. The van der Waals surface area contributed by atoms with Gasteiger partial charge in [-0.3, -0.25) is 0 Å². The Bertz CT molecular complexity index is 556. The molecule has 2 aromatic rings. The molecule has 0 amide bonds. The molecule has 0 unspecified atom stereocenters. The maximum absolute atomic E-state index is 6.08. The number of aryl methyl sites for hydroxylation is 1. The van der Waals surface area contributed by atoms with E-state index in [0.717, 1.165) is 10.7 Å². The van der Waals surface area contributed by atoms with Crippen LogP contribution in [0.1, 0.15) is 10.7 Å². The topological polar surface area (TPSA) is 49.8 Å². The van der Waals surface area contributed by atoms with Crippen LogP contribution in [0, 0.1) is 6.92 Å². The van der Waals surface area contributed by atoms with E-state index in [2.05, 4.69) is 20.6 Å². The minimum Gasteiger partial charge on any atom is -0.372 e. The largest absolute Gasteiger partial charge is 0.372 e. The van der Waals surface area contributed by atoms with Gasteiger partial charge in [0.2, 0.25) is 0 Å². The highest BCUT2D eigenvalue weighted by molar-refractivity contribution is 7.09. The van der Waals surface area contributed by atoms with E-state index in [0.29, 0.717) is 28.2 Å². The lowest BCUT2D eigenvalue weighted by Crippen LogP contribution is -2.04. The Morgan fingerprint density at radius 3 is 2.56 bits per heavy atom. The van der Waals surface area contributed by atoms with Gasteiger partial charge in [-0.05, 0) is 13.0 Å². The molecule has 4 nitrogen and oxygen atoms in total. The highest BCUT2D eigenvalue weighted by atomic mass is 35.5. The Kier molecular flexibility index (Phi) is 4.27. The average molecular weight is 303 g/mol. The number of aromatic nitrogens is 2. The van der Waals surface area contributed by atoms with Gasteiger partial charge in [0.25, 0.3) is 0 Å². The van der Waals surface area contributed by atoms with E-state index in [1.165, 1.54) is 0 Å². The molecule has 2 rings (SSSR count). The van der Waals surface area contributed by atoms with Crippen LogP contribution >= 0.6 is 34.5 Å². The van der Waals surface area contributed by atoms with E-state index >= 15 is 0 Å². The molecule has 0 aromatic carbocycles. The summed E-state index contributed by atoms with van der Waals surface area (Å²) in [6.45, 7) is 2.56. The minimum absolute atomic E-state index is 0.493. The molecule has 0 fully saturated rings. The van der Waals surface area contributed by atoms with Crippen LogP contribution in [0.5, 0.6) is 0 Å². The molecule has 0 bridgehead atoms. The van der Waals surface area contributed by atoms with Crippen LogP contribution in [-0.2, 0) is 6.54 Å². The summed E-state index contributed by atoms with van der Waals surface area (Å²) < 4.78 is 0. The second-order valence-corrected chi connectivity index (χ2v) is 5.39. The van der Waals surface area contributed by atoms with Crippen molar-refractivity contribution in [1.29, 1.82) is 0 Å². The van der Waals surface area contributed by atoms with Gasteiger partial charge in [0.05, 0.1) is 16.6 Å². The smallest absolute Gasteiger partial charge is 0.147 e. The minimum atomic E-state index is 0.493. The number of anilines is 2. The van der Waals surface area contributed by atoms with Gasteiger partial charge in [-0.25, -0.2) is 9.97 Å². The monoisotopic (exact) mass is 302 g/mol. The number of thiazole rings is 1. The van der Waals surface area contributed by atoms with Crippen molar-refractivity contribution in [2.24, 2.45) is 0 Å². The van der Waals surface area contributed by atoms with Gasteiger partial charge in [-0.2, -0.15) is 0 Å². The molecule has 0 saturated carbocycles. The first-order valence-electron chi connectivity index (χ1n) is 5.29. The van der Waals surface area contributed by atoms with Crippen LogP contribution in [0.15, 0.2) is 11.4 Å². The fourth-order valence-corrected chi connectivity index (χ4v) is 2.64. The summed E-state index contributed by atoms with van der Waals surface area (Å²) in [6, 6.07) is 1.66. The zero-order chi connectivity index (χ0) is 13.1. The van der Waals surface area contributed by atoms with Gasteiger partial charge in [-0.15, -0.1) is 11.3 Å². The molecule has 0 atom stereocenters. The molecule has 0 aliphatic rings. The van der Waals surface area contributed by atoms with Gasteiger partial charge in [0.1, 0.15) is 16.6 Å². The zero-order valence-corrected chi connectivity index (χ0v) is 12.2. The number of nitrogens with one attached hydrogen (secondary N) is 2. The number of rotatable bonds is 4. The van der Waals surface area contributed by atoms with E-state index in [1.54, 1.807) is 24.5 Å². The fourth-order valence-electron chi connectivity index (χ4n) is 1.41. The fraction of sp³-hybridized carbons (Fsp3) is 0.273. The summed E-state index contributed by atoms with van der Waals surface area (Å²) in [4.78, 5) is 8.66. The van der Waals surface area contributed by atoms with Gasteiger partial charge < -0.3 is 10.6 Å². The maximum atomic E-state index is 6.08. The quantitative estimate of drug-likeness (QED) is 0.902. The summed E-state index contributed by atoms with van der Waals surface area (Å²) in [6.07, 6.45) is 0. The molecule has 96 valence electrons. The van der Waals surface area contributed by atoms with Crippen LogP contribution in [0.2, 0.25) is 10.0 Å². The van der Waals surface area contributed by atoms with Crippen molar-refractivity contribution in [2.45, 2.75) is 13.5 Å². The Labute approximate surface area is 119 Å². The van der Waals surface area contributed by atoms with Crippen molar-refractivity contribution in [1.82, 2.24) is 9.97 Å². The number of hydrogen-bond acceptors (Lipinski definition) is 5. The lowest BCUT2D eigenvalue weighted by molar-refractivity contribution is 1.06. The summed E-state index contributed by atoms with van der Waals surface area (Å²) >= 11 is 13.7. The molecule has 0 aliphatic heterocycles. The van der Waals surface area contributed by atoms with Crippen molar-refractivity contribution in [3.05, 3.63) is 32.2 Å². The molecule has 2 heterocycles. The molecule has 0 spiro atoms. The number of nitrogens with zero attached hydrogens (tertiary/aromatic N) is 2. The highest BCUT2D eigenvalue weighted by Gasteiger charge is 2.08. The van der Waals surface area contributed by atoms with Crippen LogP contribution in [0.3, 0.4) is 0 Å². The Balaban J connectivity index is 2.13. The van der Waals surface area contributed by atoms with E-state index < -0.39 is 0 Å². The Hall–Kier alpha value is -1.04.